The molecule has 0 radical (unpaired) electrons. The van der Waals surface area contributed by atoms with Gasteiger partial charge in [-0.1, -0.05) is 65.8 Å². The van der Waals surface area contributed by atoms with Crippen LogP contribution in [0.5, 0.6) is 0 Å². The van der Waals surface area contributed by atoms with Crippen LogP contribution in [0.25, 0.3) is 22.2 Å². The maximum atomic E-state index is 12.5. The minimum atomic E-state index is -0.584. The van der Waals surface area contributed by atoms with Gasteiger partial charge in [0, 0.05) is 5.56 Å². The maximum Gasteiger partial charge on any atom is 0.338 e. The van der Waals surface area contributed by atoms with E-state index in [1.165, 1.54) is 0 Å². The zero-order chi connectivity index (χ0) is 20.9. The predicted octanol–water partition coefficient (Wildman–Crippen LogP) is 4.53. The Hall–Kier alpha value is -3.93. The summed E-state index contributed by atoms with van der Waals surface area (Å²) in [4.78, 5) is 24.6. The van der Waals surface area contributed by atoms with Crippen LogP contribution in [0.1, 0.15) is 28.9 Å². The van der Waals surface area contributed by atoms with Gasteiger partial charge in [0.1, 0.15) is 5.52 Å². The zero-order valence-corrected chi connectivity index (χ0v) is 16.4. The molecule has 0 spiro atoms. The van der Waals surface area contributed by atoms with Crippen LogP contribution >= 0.6 is 0 Å². The van der Waals surface area contributed by atoms with Gasteiger partial charge in [0.15, 0.2) is 12.4 Å². The van der Waals surface area contributed by atoms with E-state index < -0.39 is 5.97 Å². The van der Waals surface area contributed by atoms with E-state index in [0.29, 0.717) is 22.2 Å². The van der Waals surface area contributed by atoms with Crippen molar-refractivity contribution in [3.63, 3.8) is 0 Å². The molecule has 0 saturated heterocycles. The summed E-state index contributed by atoms with van der Waals surface area (Å²) in [6.45, 7) is 1.52. The number of nitrogens with zero attached hydrogens (tertiary/aromatic N) is 1. The number of esters is 1. The fraction of sp³-hybridized carbons (Fsp3) is 0.125. The zero-order valence-electron chi connectivity index (χ0n) is 16.4. The van der Waals surface area contributed by atoms with E-state index in [0.717, 1.165) is 11.1 Å². The van der Waals surface area contributed by atoms with Gasteiger partial charge < -0.3 is 14.6 Å². The van der Waals surface area contributed by atoms with E-state index in [2.05, 4.69) is 10.5 Å². The molecule has 1 aromatic heterocycles. The summed E-state index contributed by atoms with van der Waals surface area (Å²) < 4.78 is 10.6. The average Bonchev–Trinajstić information content (AvgIpc) is 3.22. The molecule has 1 atom stereocenters. The molecule has 0 aliphatic rings. The van der Waals surface area contributed by atoms with Crippen LogP contribution in [0.3, 0.4) is 0 Å². The molecular weight excluding hydrogens is 380 g/mol. The highest BCUT2D eigenvalue weighted by atomic mass is 16.5. The van der Waals surface area contributed by atoms with Gasteiger partial charge in [-0.2, -0.15) is 0 Å². The third-order valence-electron chi connectivity index (χ3n) is 4.76. The normalized spacial score (nSPS) is 11.8. The van der Waals surface area contributed by atoms with Crippen molar-refractivity contribution in [3.8, 4) is 11.3 Å². The topological polar surface area (TPSA) is 81.4 Å². The van der Waals surface area contributed by atoms with Crippen LogP contribution < -0.4 is 5.32 Å². The summed E-state index contributed by atoms with van der Waals surface area (Å²) in [6.07, 6.45) is 0. The molecule has 30 heavy (non-hydrogen) atoms. The van der Waals surface area contributed by atoms with Gasteiger partial charge >= 0.3 is 5.97 Å². The first-order chi connectivity index (χ1) is 14.6. The number of rotatable bonds is 6. The van der Waals surface area contributed by atoms with Gasteiger partial charge in [0.25, 0.3) is 5.91 Å². The minimum Gasteiger partial charge on any atom is -0.452 e. The molecular formula is C24H20N2O4. The highest BCUT2D eigenvalue weighted by Gasteiger charge is 2.16. The summed E-state index contributed by atoms with van der Waals surface area (Å²) in [5.74, 6) is -0.370. The Labute approximate surface area is 173 Å². The maximum absolute atomic E-state index is 12.5. The second-order valence-corrected chi connectivity index (χ2v) is 6.89. The van der Waals surface area contributed by atoms with E-state index in [1.54, 1.807) is 18.2 Å². The number of hydrogen-bond acceptors (Lipinski definition) is 5. The number of amides is 1. The summed E-state index contributed by atoms with van der Waals surface area (Å²) in [7, 11) is 0. The molecule has 6 heteroatoms. The number of benzene rings is 3. The minimum absolute atomic E-state index is 0.181. The second-order valence-electron chi connectivity index (χ2n) is 6.89. The number of fused-ring (bicyclic) bond motifs is 1. The standard InChI is InChI=1S/C24H20N2O4/c1-16(17-8-4-2-5-9-17)25-22(27)15-29-24(28)19-12-13-21-20(14-19)23(30-26-21)18-10-6-3-7-11-18/h2-14,16H,15H2,1H3,(H,25,27)/t16-/m0/s1. The van der Waals surface area contributed by atoms with Crippen molar-refractivity contribution in [2.24, 2.45) is 0 Å². The highest BCUT2D eigenvalue weighted by molar-refractivity contribution is 5.99. The molecule has 0 bridgehead atoms. The summed E-state index contributed by atoms with van der Waals surface area (Å²) >= 11 is 0. The van der Waals surface area contributed by atoms with Gasteiger partial charge in [-0.3, -0.25) is 4.79 Å². The van der Waals surface area contributed by atoms with Crippen LogP contribution in [-0.2, 0) is 9.53 Å². The van der Waals surface area contributed by atoms with Crippen LogP contribution in [0, 0.1) is 0 Å². The van der Waals surface area contributed by atoms with Crippen molar-refractivity contribution >= 4 is 22.8 Å². The van der Waals surface area contributed by atoms with Crippen molar-refractivity contribution in [1.29, 1.82) is 0 Å². The van der Waals surface area contributed by atoms with Gasteiger partial charge in [-0.25, -0.2) is 4.79 Å². The Morgan fingerprint density at radius 2 is 1.70 bits per heavy atom. The molecule has 4 aromatic rings. The SMILES string of the molecule is C[C@H](NC(=O)COC(=O)c1ccc2noc(-c3ccccc3)c2c1)c1ccccc1. The molecule has 4 rings (SSSR count). The van der Waals surface area contributed by atoms with Gasteiger partial charge in [-0.15, -0.1) is 0 Å². The lowest BCUT2D eigenvalue weighted by molar-refractivity contribution is -0.124. The molecule has 1 amide bonds. The number of ether oxygens (including phenoxy) is 1. The number of nitrogens with one attached hydrogen (secondary N) is 1. The van der Waals surface area contributed by atoms with Gasteiger partial charge in [-0.05, 0) is 30.7 Å². The van der Waals surface area contributed by atoms with Crippen molar-refractivity contribution in [2.75, 3.05) is 6.61 Å². The first-order valence-corrected chi connectivity index (χ1v) is 9.58. The van der Waals surface area contributed by atoms with E-state index >= 15 is 0 Å². The number of hydrogen-bond donors (Lipinski definition) is 1. The predicted molar refractivity (Wildman–Crippen MR) is 113 cm³/mol. The van der Waals surface area contributed by atoms with Crippen molar-refractivity contribution in [2.45, 2.75) is 13.0 Å². The van der Waals surface area contributed by atoms with Gasteiger partial charge in [0.05, 0.1) is 17.0 Å². The first kappa shape index (κ1) is 19.4. The Morgan fingerprint density at radius 1 is 1.00 bits per heavy atom. The largest absolute Gasteiger partial charge is 0.452 e. The number of carbonyl (C=O) groups is 2. The van der Waals surface area contributed by atoms with E-state index in [1.807, 2.05) is 67.6 Å². The second kappa shape index (κ2) is 8.61. The van der Waals surface area contributed by atoms with Crippen LogP contribution in [-0.4, -0.2) is 23.6 Å². The molecule has 6 nitrogen and oxygen atoms in total. The quantitative estimate of drug-likeness (QED) is 0.481. The fourth-order valence-electron chi connectivity index (χ4n) is 3.19. The number of carbonyl (C=O) groups excluding carboxylic acids is 2. The molecule has 0 unspecified atom stereocenters. The van der Waals surface area contributed by atoms with Gasteiger partial charge in [0.2, 0.25) is 0 Å². The van der Waals surface area contributed by atoms with E-state index in [4.69, 9.17) is 9.26 Å². The van der Waals surface area contributed by atoms with Crippen LogP contribution in [0.15, 0.2) is 83.4 Å². The Kier molecular flexibility index (Phi) is 5.57. The van der Waals surface area contributed by atoms with Crippen molar-refractivity contribution in [1.82, 2.24) is 10.5 Å². The molecule has 1 N–H and O–H groups in total. The fourth-order valence-corrected chi connectivity index (χ4v) is 3.19. The lowest BCUT2D eigenvalue weighted by Crippen LogP contribution is -2.31. The van der Waals surface area contributed by atoms with Crippen molar-refractivity contribution in [3.05, 3.63) is 90.0 Å². The molecule has 150 valence electrons. The van der Waals surface area contributed by atoms with Crippen molar-refractivity contribution < 1.29 is 18.8 Å². The summed E-state index contributed by atoms with van der Waals surface area (Å²) in [5, 5.41) is 7.56. The average molecular weight is 400 g/mol. The third-order valence-corrected chi connectivity index (χ3v) is 4.76. The molecule has 0 fully saturated rings. The Balaban J connectivity index is 1.43. The van der Waals surface area contributed by atoms with E-state index in [9.17, 15) is 9.59 Å². The third kappa shape index (κ3) is 4.22. The molecule has 0 saturated carbocycles. The smallest absolute Gasteiger partial charge is 0.338 e. The molecule has 1 heterocycles. The molecule has 3 aromatic carbocycles. The van der Waals surface area contributed by atoms with Crippen LogP contribution in [0.2, 0.25) is 0 Å². The number of aromatic nitrogens is 1. The Bertz CT molecular complexity index is 1170. The monoisotopic (exact) mass is 400 g/mol. The lowest BCUT2D eigenvalue weighted by Gasteiger charge is -2.14. The summed E-state index contributed by atoms with van der Waals surface area (Å²) in [5.41, 5.74) is 2.80. The Morgan fingerprint density at radius 3 is 2.43 bits per heavy atom. The summed E-state index contributed by atoms with van der Waals surface area (Å²) in [6, 6.07) is 23.9. The molecule has 0 aliphatic carbocycles. The highest BCUT2D eigenvalue weighted by Crippen LogP contribution is 2.29. The lowest BCUT2D eigenvalue weighted by atomic mass is 10.1. The molecule has 0 aliphatic heterocycles. The van der Waals surface area contributed by atoms with E-state index in [-0.39, 0.29) is 18.6 Å². The van der Waals surface area contributed by atoms with Crippen LogP contribution in [0.4, 0.5) is 0 Å². The first-order valence-electron chi connectivity index (χ1n) is 9.58.